The maximum atomic E-state index is 9.05. The molecule has 0 fully saturated rings. The summed E-state index contributed by atoms with van der Waals surface area (Å²) < 4.78 is 0.986. The van der Waals surface area contributed by atoms with Gasteiger partial charge in [-0.15, -0.1) is 0 Å². The summed E-state index contributed by atoms with van der Waals surface area (Å²) in [6.07, 6.45) is 3.34. The van der Waals surface area contributed by atoms with Gasteiger partial charge in [-0.1, -0.05) is 33.2 Å². The molecule has 16 heavy (non-hydrogen) atoms. The minimum atomic E-state index is 0.514. The van der Waals surface area contributed by atoms with E-state index in [0.717, 1.165) is 15.6 Å². The first kappa shape index (κ1) is 10.8. The highest BCUT2D eigenvalue weighted by molar-refractivity contribution is 9.10. The standard InChI is InChI=1S/C12H9BrN2O/c13-11-5-3-9(4-6-11)12(15-16)10-2-1-7-14-8-10/h1-8,16H. The van der Waals surface area contributed by atoms with Crippen LogP contribution in [0.2, 0.25) is 0 Å². The van der Waals surface area contributed by atoms with Crippen LogP contribution >= 0.6 is 15.9 Å². The van der Waals surface area contributed by atoms with Crippen molar-refractivity contribution >= 4 is 21.6 Å². The van der Waals surface area contributed by atoms with Gasteiger partial charge in [0.25, 0.3) is 0 Å². The minimum absolute atomic E-state index is 0.514. The van der Waals surface area contributed by atoms with Gasteiger partial charge in [0.2, 0.25) is 0 Å². The van der Waals surface area contributed by atoms with E-state index in [9.17, 15) is 0 Å². The maximum absolute atomic E-state index is 9.05. The topological polar surface area (TPSA) is 45.5 Å². The Balaban J connectivity index is 2.42. The lowest BCUT2D eigenvalue weighted by molar-refractivity contribution is 0.319. The van der Waals surface area contributed by atoms with E-state index >= 15 is 0 Å². The quantitative estimate of drug-likeness (QED) is 0.521. The van der Waals surface area contributed by atoms with Crippen molar-refractivity contribution in [2.75, 3.05) is 0 Å². The Morgan fingerprint density at radius 2 is 1.88 bits per heavy atom. The van der Waals surface area contributed by atoms with Crippen LogP contribution in [-0.2, 0) is 0 Å². The van der Waals surface area contributed by atoms with Crippen LogP contribution in [0.25, 0.3) is 0 Å². The Hall–Kier alpha value is -1.68. The lowest BCUT2D eigenvalue weighted by Gasteiger charge is -2.04. The minimum Gasteiger partial charge on any atom is -0.410 e. The Kier molecular flexibility index (Phi) is 3.31. The summed E-state index contributed by atoms with van der Waals surface area (Å²) in [6, 6.07) is 11.2. The summed E-state index contributed by atoms with van der Waals surface area (Å²) in [5, 5.41) is 12.4. The van der Waals surface area contributed by atoms with Gasteiger partial charge in [-0.2, -0.15) is 0 Å². The van der Waals surface area contributed by atoms with E-state index in [0.29, 0.717) is 5.71 Å². The van der Waals surface area contributed by atoms with Gasteiger partial charge < -0.3 is 5.21 Å². The molecule has 0 unspecified atom stereocenters. The summed E-state index contributed by atoms with van der Waals surface area (Å²) in [7, 11) is 0. The molecule has 0 saturated carbocycles. The summed E-state index contributed by atoms with van der Waals surface area (Å²) in [5.41, 5.74) is 2.15. The zero-order valence-corrected chi connectivity index (χ0v) is 9.92. The first-order chi connectivity index (χ1) is 7.81. The van der Waals surface area contributed by atoms with Gasteiger partial charge in [0, 0.05) is 28.0 Å². The van der Waals surface area contributed by atoms with Crippen molar-refractivity contribution in [3.63, 3.8) is 0 Å². The van der Waals surface area contributed by atoms with Crippen LogP contribution in [0.5, 0.6) is 0 Å². The Bertz CT molecular complexity index is 494. The van der Waals surface area contributed by atoms with Crippen LogP contribution in [-0.4, -0.2) is 15.9 Å². The van der Waals surface area contributed by atoms with Crippen LogP contribution in [0.4, 0.5) is 0 Å². The molecule has 2 rings (SSSR count). The molecule has 2 aromatic rings. The molecular weight excluding hydrogens is 268 g/mol. The molecule has 0 radical (unpaired) electrons. The van der Waals surface area contributed by atoms with E-state index in [1.807, 2.05) is 30.3 Å². The maximum Gasteiger partial charge on any atom is 0.118 e. The third-order valence-corrected chi connectivity index (χ3v) is 2.68. The third-order valence-electron chi connectivity index (χ3n) is 2.15. The normalized spacial score (nSPS) is 11.4. The highest BCUT2D eigenvalue weighted by Crippen LogP contribution is 2.14. The Morgan fingerprint density at radius 1 is 1.12 bits per heavy atom. The van der Waals surface area contributed by atoms with Crippen molar-refractivity contribution in [2.45, 2.75) is 0 Å². The molecule has 1 aromatic heterocycles. The van der Waals surface area contributed by atoms with Crippen molar-refractivity contribution in [3.05, 3.63) is 64.4 Å². The Morgan fingerprint density at radius 3 is 2.44 bits per heavy atom. The smallest absolute Gasteiger partial charge is 0.118 e. The fraction of sp³-hybridized carbons (Fsp3) is 0. The van der Waals surface area contributed by atoms with E-state index in [1.165, 1.54) is 0 Å². The van der Waals surface area contributed by atoms with Crippen molar-refractivity contribution in [1.82, 2.24) is 4.98 Å². The van der Waals surface area contributed by atoms with Gasteiger partial charge in [-0.3, -0.25) is 4.98 Å². The number of halogens is 1. The first-order valence-corrected chi connectivity index (χ1v) is 5.49. The molecule has 4 heteroatoms. The molecule has 0 amide bonds. The van der Waals surface area contributed by atoms with Gasteiger partial charge >= 0.3 is 0 Å². The number of rotatable bonds is 2. The molecule has 1 N–H and O–H groups in total. The summed E-state index contributed by atoms with van der Waals surface area (Å²) in [4.78, 5) is 4.00. The van der Waals surface area contributed by atoms with Crippen LogP contribution in [0.3, 0.4) is 0 Å². The average Bonchev–Trinajstić information content (AvgIpc) is 2.34. The zero-order chi connectivity index (χ0) is 11.4. The average molecular weight is 277 g/mol. The molecule has 80 valence electrons. The number of oxime groups is 1. The largest absolute Gasteiger partial charge is 0.410 e. The molecule has 1 aromatic carbocycles. The molecule has 0 aliphatic heterocycles. The second-order valence-electron chi connectivity index (χ2n) is 3.20. The summed E-state index contributed by atoms with van der Waals surface area (Å²) in [5.74, 6) is 0. The fourth-order valence-corrected chi connectivity index (χ4v) is 1.66. The van der Waals surface area contributed by atoms with Crippen LogP contribution in [0.15, 0.2) is 58.4 Å². The van der Waals surface area contributed by atoms with Crippen LogP contribution in [0.1, 0.15) is 11.1 Å². The second-order valence-corrected chi connectivity index (χ2v) is 4.11. The highest BCUT2D eigenvalue weighted by atomic mass is 79.9. The predicted octanol–water partition coefficient (Wildman–Crippen LogP) is 3.07. The predicted molar refractivity (Wildman–Crippen MR) is 65.8 cm³/mol. The van der Waals surface area contributed by atoms with Crippen LogP contribution in [0, 0.1) is 0 Å². The van der Waals surface area contributed by atoms with Crippen molar-refractivity contribution < 1.29 is 5.21 Å². The van der Waals surface area contributed by atoms with Crippen molar-refractivity contribution in [2.24, 2.45) is 5.16 Å². The zero-order valence-electron chi connectivity index (χ0n) is 8.34. The molecule has 1 heterocycles. The monoisotopic (exact) mass is 276 g/mol. The second kappa shape index (κ2) is 4.90. The summed E-state index contributed by atoms with van der Waals surface area (Å²) in [6.45, 7) is 0. The lowest BCUT2D eigenvalue weighted by Crippen LogP contribution is -2.03. The molecule has 0 atom stereocenters. The molecule has 0 aliphatic rings. The summed E-state index contributed by atoms with van der Waals surface area (Å²) >= 11 is 3.36. The lowest BCUT2D eigenvalue weighted by atomic mass is 10.0. The van der Waals surface area contributed by atoms with Gasteiger partial charge in [0.1, 0.15) is 5.71 Å². The fourth-order valence-electron chi connectivity index (χ4n) is 1.39. The first-order valence-electron chi connectivity index (χ1n) is 4.69. The SMILES string of the molecule is ON=C(c1ccc(Br)cc1)c1cccnc1. The van der Waals surface area contributed by atoms with E-state index in [4.69, 9.17) is 5.21 Å². The van der Waals surface area contributed by atoms with Crippen molar-refractivity contribution in [3.8, 4) is 0 Å². The molecule has 0 saturated heterocycles. The van der Waals surface area contributed by atoms with Gasteiger partial charge in [0.15, 0.2) is 0 Å². The molecule has 0 spiro atoms. The van der Waals surface area contributed by atoms with Gasteiger partial charge in [0.05, 0.1) is 0 Å². The van der Waals surface area contributed by atoms with E-state index < -0.39 is 0 Å². The van der Waals surface area contributed by atoms with Crippen LogP contribution < -0.4 is 0 Å². The van der Waals surface area contributed by atoms with E-state index in [2.05, 4.69) is 26.1 Å². The highest BCUT2D eigenvalue weighted by Gasteiger charge is 2.06. The number of pyridine rings is 1. The molecular formula is C12H9BrN2O. The molecule has 0 bridgehead atoms. The molecule has 0 aliphatic carbocycles. The number of hydrogen-bond donors (Lipinski definition) is 1. The third kappa shape index (κ3) is 2.28. The van der Waals surface area contributed by atoms with E-state index in [1.54, 1.807) is 18.5 Å². The van der Waals surface area contributed by atoms with Gasteiger partial charge in [-0.25, -0.2) is 0 Å². The number of benzene rings is 1. The Labute approximate surface area is 102 Å². The number of nitrogens with zero attached hydrogens (tertiary/aromatic N) is 2. The van der Waals surface area contributed by atoms with Gasteiger partial charge in [-0.05, 0) is 24.3 Å². The van der Waals surface area contributed by atoms with Crippen molar-refractivity contribution in [1.29, 1.82) is 0 Å². The number of hydrogen-bond acceptors (Lipinski definition) is 3. The molecule has 3 nitrogen and oxygen atoms in total. The van der Waals surface area contributed by atoms with E-state index in [-0.39, 0.29) is 0 Å². The number of aromatic nitrogens is 1.